The van der Waals surface area contributed by atoms with Gasteiger partial charge in [0.15, 0.2) is 0 Å². The van der Waals surface area contributed by atoms with Crippen molar-refractivity contribution in [2.75, 3.05) is 20.3 Å². The molecule has 0 amide bonds. The third-order valence-corrected chi connectivity index (χ3v) is 3.21. The van der Waals surface area contributed by atoms with Gasteiger partial charge in [-0.15, -0.1) is 0 Å². The van der Waals surface area contributed by atoms with Gasteiger partial charge in [-0.25, -0.2) is 0 Å². The number of rotatable bonds is 4. The molecule has 2 rings (SSSR count). The number of carboxylic acid groups (broad SMARTS) is 1. The summed E-state index contributed by atoms with van der Waals surface area (Å²) >= 11 is 5.95. The van der Waals surface area contributed by atoms with Crippen LogP contribution in [0.4, 0.5) is 0 Å². The van der Waals surface area contributed by atoms with Crippen molar-refractivity contribution < 1.29 is 19.4 Å². The SMILES string of the molecule is COc1ccc(Cl)cc1C1(CC(=O)O)COC1. The smallest absolute Gasteiger partial charge is 0.304 e. The number of ether oxygens (including phenoxy) is 2. The van der Waals surface area contributed by atoms with E-state index in [1.54, 1.807) is 25.3 Å². The Morgan fingerprint density at radius 3 is 2.76 bits per heavy atom. The van der Waals surface area contributed by atoms with Crippen LogP contribution < -0.4 is 4.74 Å². The molecular weight excluding hydrogens is 244 g/mol. The van der Waals surface area contributed by atoms with Gasteiger partial charge >= 0.3 is 5.97 Å². The van der Waals surface area contributed by atoms with Crippen molar-refractivity contribution in [3.63, 3.8) is 0 Å². The van der Waals surface area contributed by atoms with Crippen LogP contribution >= 0.6 is 11.6 Å². The van der Waals surface area contributed by atoms with Gasteiger partial charge in [0.05, 0.1) is 32.2 Å². The minimum absolute atomic E-state index is 0.0176. The van der Waals surface area contributed by atoms with Crippen LogP contribution in [0.2, 0.25) is 5.02 Å². The maximum absolute atomic E-state index is 10.9. The summed E-state index contributed by atoms with van der Waals surface area (Å²) < 4.78 is 10.4. The number of aliphatic carboxylic acids is 1. The Morgan fingerprint density at radius 2 is 2.29 bits per heavy atom. The van der Waals surface area contributed by atoms with Crippen molar-refractivity contribution in [1.82, 2.24) is 0 Å². The minimum atomic E-state index is -0.852. The summed E-state index contributed by atoms with van der Waals surface area (Å²) in [6, 6.07) is 5.23. The minimum Gasteiger partial charge on any atom is -0.496 e. The van der Waals surface area contributed by atoms with Crippen molar-refractivity contribution in [1.29, 1.82) is 0 Å². The van der Waals surface area contributed by atoms with Crippen LogP contribution in [0.15, 0.2) is 18.2 Å². The quantitative estimate of drug-likeness (QED) is 0.896. The monoisotopic (exact) mass is 256 g/mol. The molecule has 0 aliphatic carbocycles. The van der Waals surface area contributed by atoms with Gasteiger partial charge in [-0.3, -0.25) is 4.79 Å². The van der Waals surface area contributed by atoms with Gasteiger partial charge in [0.25, 0.3) is 0 Å². The van der Waals surface area contributed by atoms with Crippen molar-refractivity contribution in [2.45, 2.75) is 11.8 Å². The van der Waals surface area contributed by atoms with Gasteiger partial charge in [-0.05, 0) is 18.2 Å². The zero-order valence-electron chi connectivity index (χ0n) is 9.40. The van der Waals surface area contributed by atoms with Crippen LogP contribution in [0, 0.1) is 0 Å². The van der Waals surface area contributed by atoms with E-state index in [0.717, 1.165) is 5.56 Å². The number of hydrogen-bond donors (Lipinski definition) is 1. The number of benzene rings is 1. The van der Waals surface area contributed by atoms with Crippen LogP contribution in [0.1, 0.15) is 12.0 Å². The van der Waals surface area contributed by atoms with Gasteiger partial charge < -0.3 is 14.6 Å². The maximum Gasteiger partial charge on any atom is 0.304 e. The summed E-state index contributed by atoms with van der Waals surface area (Å²) in [7, 11) is 1.56. The van der Waals surface area contributed by atoms with E-state index < -0.39 is 11.4 Å². The maximum atomic E-state index is 10.9. The lowest BCUT2D eigenvalue weighted by Gasteiger charge is -2.41. The molecule has 1 aromatic rings. The molecule has 0 aromatic heterocycles. The molecule has 0 radical (unpaired) electrons. The van der Waals surface area contributed by atoms with Gasteiger partial charge in [-0.1, -0.05) is 11.6 Å². The van der Waals surface area contributed by atoms with E-state index in [-0.39, 0.29) is 6.42 Å². The molecule has 0 spiro atoms. The van der Waals surface area contributed by atoms with E-state index in [1.165, 1.54) is 0 Å². The van der Waals surface area contributed by atoms with Crippen LogP contribution in [-0.4, -0.2) is 31.4 Å². The first kappa shape index (κ1) is 12.2. The summed E-state index contributed by atoms with van der Waals surface area (Å²) in [6.07, 6.45) is 0.0176. The second kappa shape index (κ2) is 4.55. The largest absolute Gasteiger partial charge is 0.496 e. The highest BCUT2D eigenvalue weighted by atomic mass is 35.5. The first-order valence-electron chi connectivity index (χ1n) is 5.21. The normalized spacial score (nSPS) is 17.3. The van der Waals surface area contributed by atoms with Crippen LogP contribution in [-0.2, 0) is 14.9 Å². The summed E-state index contributed by atoms with van der Waals surface area (Å²) in [6.45, 7) is 0.770. The topological polar surface area (TPSA) is 55.8 Å². The lowest BCUT2D eigenvalue weighted by molar-refractivity contribution is -0.145. The van der Waals surface area contributed by atoms with Crippen molar-refractivity contribution in [2.24, 2.45) is 0 Å². The second-order valence-electron chi connectivity index (χ2n) is 4.19. The number of halogens is 1. The Hall–Kier alpha value is -1.26. The Bertz CT molecular complexity index is 440. The van der Waals surface area contributed by atoms with Crippen LogP contribution in [0.5, 0.6) is 5.75 Å². The molecule has 4 nitrogen and oxygen atoms in total. The molecular formula is C12H13ClO4. The van der Waals surface area contributed by atoms with Gasteiger partial charge in [0, 0.05) is 10.6 Å². The fourth-order valence-corrected chi connectivity index (χ4v) is 2.26. The van der Waals surface area contributed by atoms with E-state index in [4.69, 9.17) is 26.2 Å². The third kappa shape index (κ3) is 2.23. The molecule has 92 valence electrons. The zero-order chi connectivity index (χ0) is 12.5. The van der Waals surface area contributed by atoms with Gasteiger partial charge in [-0.2, -0.15) is 0 Å². The summed E-state index contributed by atoms with van der Waals surface area (Å²) in [5.74, 6) is -0.200. The highest BCUT2D eigenvalue weighted by Crippen LogP contribution is 2.41. The highest BCUT2D eigenvalue weighted by molar-refractivity contribution is 6.30. The zero-order valence-corrected chi connectivity index (χ0v) is 10.2. The number of hydrogen-bond acceptors (Lipinski definition) is 3. The Balaban J connectivity index is 2.42. The summed E-state index contributed by atoms with van der Waals surface area (Å²) in [5, 5.41) is 9.55. The fourth-order valence-electron chi connectivity index (χ4n) is 2.09. The number of methoxy groups -OCH3 is 1. The fraction of sp³-hybridized carbons (Fsp3) is 0.417. The Kier molecular flexibility index (Phi) is 3.26. The van der Waals surface area contributed by atoms with Gasteiger partial charge in [0.2, 0.25) is 0 Å². The van der Waals surface area contributed by atoms with Crippen LogP contribution in [0.25, 0.3) is 0 Å². The number of carbonyl (C=O) groups is 1. The molecule has 1 aliphatic rings. The molecule has 1 saturated heterocycles. The molecule has 1 aliphatic heterocycles. The molecule has 1 heterocycles. The van der Waals surface area contributed by atoms with E-state index in [9.17, 15) is 4.79 Å². The standard InChI is InChI=1S/C12H13ClO4/c1-16-10-3-2-8(13)4-9(10)12(5-11(14)15)6-17-7-12/h2-4H,5-7H2,1H3,(H,14,15). The van der Waals surface area contributed by atoms with E-state index >= 15 is 0 Å². The van der Waals surface area contributed by atoms with E-state index in [0.29, 0.717) is 24.0 Å². The molecule has 1 N–H and O–H groups in total. The number of carboxylic acids is 1. The first-order valence-corrected chi connectivity index (χ1v) is 5.59. The lowest BCUT2D eigenvalue weighted by atomic mass is 9.75. The molecule has 0 bridgehead atoms. The predicted octanol–water partition coefficient (Wildman–Crippen LogP) is 2.09. The van der Waals surface area contributed by atoms with E-state index in [2.05, 4.69) is 0 Å². The molecule has 0 atom stereocenters. The van der Waals surface area contributed by atoms with Crippen LogP contribution in [0.3, 0.4) is 0 Å². The summed E-state index contributed by atoms with van der Waals surface area (Å²) in [5.41, 5.74) is 0.295. The molecule has 0 unspecified atom stereocenters. The molecule has 1 fully saturated rings. The lowest BCUT2D eigenvalue weighted by Crippen LogP contribution is -2.48. The average molecular weight is 257 g/mol. The third-order valence-electron chi connectivity index (χ3n) is 2.98. The highest BCUT2D eigenvalue weighted by Gasteiger charge is 2.44. The average Bonchev–Trinajstić information content (AvgIpc) is 2.23. The molecule has 5 heteroatoms. The predicted molar refractivity (Wildman–Crippen MR) is 62.8 cm³/mol. The Morgan fingerprint density at radius 1 is 1.59 bits per heavy atom. The summed E-state index contributed by atoms with van der Waals surface area (Å²) in [4.78, 5) is 10.9. The molecule has 1 aromatic carbocycles. The van der Waals surface area contributed by atoms with Gasteiger partial charge in [0.1, 0.15) is 5.75 Å². The first-order chi connectivity index (χ1) is 8.07. The molecule has 0 saturated carbocycles. The van der Waals surface area contributed by atoms with Crippen molar-refractivity contribution in [3.05, 3.63) is 28.8 Å². The van der Waals surface area contributed by atoms with Crippen molar-refractivity contribution in [3.8, 4) is 5.75 Å². The van der Waals surface area contributed by atoms with Crippen molar-refractivity contribution >= 4 is 17.6 Å². The second-order valence-corrected chi connectivity index (χ2v) is 4.62. The van der Waals surface area contributed by atoms with E-state index in [1.807, 2.05) is 0 Å². The Labute approximate surface area is 104 Å². The molecule has 17 heavy (non-hydrogen) atoms.